The average molecular weight is 578 g/mol. The maximum Gasteiger partial charge on any atom is 0.415 e. The van der Waals surface area contributed by atoms with Gasteiger partial charge in [0.05, 0.1) is 13.2 Å². The lowest BCUT2D eigenvalue weighted by molar-refractivity contribution is -0.208. The molecule has 226 valence electrons. The topological polar surface area (TPSA) is 112 Å². The molecule has 0 radical (unpaired) electrons. The van der Waals surface area contributed by atoms with Crippen LogP contribution in [0.25, 0.3) is 5.57 Å². The third-order valence-electron chi connectivity index (χ3n) is 6.67. The minimum atomic E-state index is -4.66. The molecule has 11 heteroatoms. The number of aliphatic hydroxyl groups excluding tert-OH is 1. The van der Waals surface area contributed by atoms with Crippen molar-refractivity contribution in [2.75, 3.05) is 45.7 Å². The number of methoxy groups -OCH3 is 1. The van der Waals surface area contributed by atoms with Gasteiger partial charge in [0.15, 0.2) is 6.10 Å². The molecule has 0 heterocycles. The third-order valence-corrected chi connectivity index (χ3v) is 6.67. The maximum atomic E-state index is 13.3. The Morgan fingerprint density at radius 3 is 2.56 bits per heavy atom. The van der Waals surface area contributed by atoms with E-state index in [-0.39, 0.29) is 11.9 Å². The SMILES string of the molecule is CCCCN(CCNc1ccc(C)c(C(=O)NC(C)c2cc(OC)cc(/C(C=NC)=C/N)c2)c1)CC(O)C(F)(F)F. The van der Waals surface area contributed by atoms with Gasteiger partial charge in [0.2, 0.25) is 0 Å². The number of benzene rings is 2. The van der Waals surface area contributed by atoms with Crippen LogP contribution in [0.4, 0.5) is 18.9 Å². The number of carbonyl (C=O) groups is 1. The number of allylic oxidation sites excluding steroid dienone is 1. The predicted molar refractivity (Wildman–Crippen MR) is 159 cm³/mol. The Bertz CT molecular complexity index is 1200. The van der Waals surface area contributed by atoms with E-state index in [1.165, 1.54) is 6.20 Å². The van der Waals surface area contributed by atoms with Crippen LogP contribution in [0.2, 0.25) is 0 Å². The van der Waals surface area contributed by atoms with Gasteiger partial charge in [-0.2, -0.15) is 13.2 Å². The number of ether oxygens (including phenoxy) is 1. The fraction of sp³-hybridized carbons (Fsp3) is 0.467. The number of nitrogens with zero attached hydrogens (tertiary/aromatic N) is 2. The number of aliphatic hydroxyl groups is 1. The lowest BCUT2D eigenvalue weighted by Gasteiger charge is -2.26. The van der Waals surface area contributed by atoms with Crippen molar-refractivity contribution in [1.82, 2.24) is 10.2 Å². The van der Waals surface area contributed by atoms with Crippen molar-refractivity contribution in [3.8, 4) is 5.75 Å². The van der Waals surface area contributed by atoms with Gasteiger partial charge in [0, 0.05) is 55.9 Å². The van der Waals surface area contributed by atoms with E-state index in [2.05, 4.69) is 15.6 Å². The Labute approximate surface area is 240 Å². The number of rotatable bonds is 15. The van der Waals surface area contributed by atoms with Gasteiger partial charge in [0.25, 0.3) is 5.91 Å². The molecule has 1 amide bonds. The smallest absolute Gasteiger partial charge is 0.415 e. The zero-order valence-corrected chi connectivity index (χ0v) is 24.4. The molecule has 0 saturated heterocycles. The number of anilines is 1. The number of nitrogens with two attached hydrogens (primary N) is 1. The highest BCUT2D eigenvalue weighted by molar-refractivity contribution is 6.09. The molecule has 5 N–H and O–H groups in total. The Kier molecular flexibility index (Phi) is 13.1. The van der Waals surface area contributed by atoms with Crippen LogP contribution in [0.3, 0.4) is 0 Å². The molecular weight excluding hydrogens is 535 g/mol. The van der Waals surface area contributed by atoms with Crippen molar-refractivity contribution < 1.29 is 27.8 Å². The van der Waals surface area contributed by atoms with E-state index >= 15 is 0 Å². The molecule has 0 aliphatic rings. The summed E-state index contributed by atoms with van der Waals surface area (Å²) in [5.41, 5.74) is 10.0. The number of nitrogens with one attached hydrogen (secondary N) is 2. The third kappa shape index (κ3) is 10.4. The standard InChI is InChI=1S/C30H42F3N5O3/c1-6-7-11-38(19-28(39)30(31,32)33)12-10-36-25-9-8-20(2)27(16-25)29(40)37-21(3)22-13-23(15-26(14-22)41-5)24(17-34)18-35-4/h8-9,13-18,21,28,36,39H,6-7,10-12,19,34H2,1-5H3,(H,37,40)/b24-17+,35-18?. The van der Waals surface area contributed by atoms with E-state index in [0.717, 1.165) is 29.5 Å². The number of hydrogen-bond acceptors (Lipinski definition) is 7. The van der Waals surface area contributed by atoms with Crippen molar-refractivity contribution in [1.29, 1.82) is 0 Å². The lowest BCUT2D eigenvalue weighted by atomic mass is 9.99. The largest absolute Gasteiger partial charge is 0.497 e. The molecule has 0 aliphatic heterocycles. The molecule has 0 spiro atoms. The summed E-state index contributed by atoms with van der Waals surface area (Å²) in [5.74, 6) is 0.339. The van der Waals surface area contributed by atoms with E-state index in [9.17, 15) is 23.1 Å². The lowest BCUT2D eigenvalue weighted by Crippen LogP contribution is -2.43. The monoisotopic (exact) mass is 577 g/mol. The zero-order chi connectivity index (χ0) is 30.6. The van der Waals surface area contributed by atoms with Crippen molar-refractivity contribution >= 4 is 23.4 Å². The highest BCUT2D eigenvalue weighted by Crippen LogP contribution is 2.26. The van der Waals surface area contributed by atoms with Crippen molar-refractivity contribution in [3.05, 3.63) is 64.9 Å². The molecule has 0 aromatic heterocycles. The van der Waals surface area contributed by atoms with E-state index in [0.29, 0.717) is 42.2 Å². The molecule has 0 fully saturated rings. The molecule has 8 nitrogen and oxygen atoms in total. The molecule has 0 aliphatic carbocycles. The number of carbonyl (C=O) groups excluding carboxylic acids is 1. The molecule has 2 unspecified atom stereocenters. The summed E-state index contributed by atoms with van der Waals surface area (Å²) < 4.78 is 44.1. The first-order chi connectivity index (χ1) is 19.4. The Hall–Kier alpha value is -3.57. The zero-order valence-electron chi connectivity index (χ0n) is 24.4. The summed E-state index contributed by atoms with van der Waals surface area (Å²) in [5, 5.41) is 15.7. The van der Waals surface area contributed by atoms with E-state index in [4.69, 9.17) is 10.5 Å². The Morgan fingerprint density at radius 1 is 1.22 bits per heavy atom. The highest BCUT2D eigenvalue weighted by atomic mass is 19.4. The van der Waals surface area contributed by atoms with Gasteiger partial charge < -0.3 is 26.2 Å². The van der Waals surface area contributed by atoms with Gasteiger partial charge in [-0.15, -0.1) is 0 Å². The minimum absolute atomic E-state index is 0.273. The van der Waals surface area contributed by atoms with Crippen LogP contribution in [0, 0.1) is 6.92 Å². The van der Waals surface area contributed by atoms with Gasteiger partial charge >= 0.3 is 6.18 Å². The van der Waals surface area contributed by atoms with Crippen molar-refractivity contribution in [2.24, 2.45) is 10.7 Å². The predicted octanol–water partition coefficient (Wildman–Crippen LogP) is 4.93. The summed E-state index contributed by atoms with van der Waals surface area (Å²) >= 11 is 0. The van der Waals surface area contributed by atoms with Crippen LogP contribution in [0.1, 0.15) is 59.8 Å². The van der Waals surface area contributed by atoms with Gasteiger partial charge in [-0.05, 0) is 73.8 Å². The number of hydrogen-bond donors (Lipinski definition) is 4. The summed E-state index contributed by atoms with van der Waals surface area (Å²) in [7, 11) is 3.22. The summed E-state index contributed by atoms with van der Waals surface area (Å²) in [6, 6.07) is 10.6. The number of aryl methyl sites for hydroxylation is 1. The maximum absolute atomic E-state index is 13.3. The molecular formula is C30H42F3N5O3. The van der Waals surface area contributed by atoms with Crippen LogP contribution in [0.15, 0.2) is 47.6 Å². The van der Waals surface area contributed by atoms with Gasteiger partial charge in [-0.1, -0.05) is 19.4 Å². The molecule has 2 atom stereocenters. The number of unbranched alkanes of at least 4 members (excludes halogenated alkanes) is 1. The molecule has 0 saturated carbocycles. The first kappa shape index (κ1) is 33.6. The highest BCUT2D eigenvalue weighted by Gasteiger charge is 2.39. The quantitative estimate of drug-likeness (QED) is 0.223. The first-order valence-electron chi connectivity index (χ1n) is 13.6. The van der Waals surface area contributed by atoms with Crippen molar-refractivity contribution in [3.63, 3.8) is 0 Å². The van der Waals surface area contributed by atoms with Gasteiger partial charge in [-0.25, -0.2) is 0 Å². The second kappa shape index (κ2) is 16.0. The Morgan fingerprint density at radius 2 is 1.95 bits per heavy atom. The molecule has 0 bridgehead atoms. The number of alkyl halides is 3. The van der Waals surface area contributed by atoms with E-state index in [1.807, 2.05) is 51.1 Å². The molecule has 2 rings (SSSR count). The fourth-order valence-electron chi connectivity index (χ4n) is 4.23. The minimum Gasteiger partial charge on any atom is -0.497 e. The molecule has 2 aromatic carbocycles. The Balaban J connectivity index is 2.13. The normalized spacial score (nSPS) is 13.9. The van der Waals surface area contributed by atoms with Crippen LogP contribution in [-0.4, -0.2) is 74.7 Å². The average Bonchev–Trinajstić information content (AvgIpc) is 2.94. The van der Waals surface area contributed by atoms with Crippen molar-refractivity contribution in [2.45, 2.75) is 51.9 Å². The van der Waals surface area contributed by atoms with Crippen LogP contribution in [0.5, 0.6) is 5.75 Å². The van der Waals surface area contributed by atoms with Gasteiger partial charge in [0.1, 0.15) is 5.75 Å². The van der Waals surface area contributed by atoms with Gasteiger partial charge in [-0.3, -0.25) is 14.7 Å². The summed E-state index contributed by atoms with van der Waals surface area (Å²) in [6.07, 6.45) is -2.40. The van der Waals surface area contributed by atoms with E-state index < -0.39 is 18.8 Å². The fourth-order valence-corrected chi connectivity index (χ4v) is 4.23. The second-order valence-corrected chi connectivity index (χ2v) is 9.87. The summed E-state index contributed by atoms with van der Waals surface area (Å²) in [4.78, 5) is 18.9. The van der Waals surface area contributed by atoms with E-state index in [1.54, 1.807) is 31.3 Å². The van der Waals surface area contributed by atoms with Crippen LogP contribution < -0.4 is 21.1 Å². The van der Waals surface area contributed by atoms with Crippen LogP contribution in [-0.2, 0) is 0 Å². The molecule has 2 aromatic rings. The second-order valence-electron chi connectivity index (χ2n) is 9.87. The molecule has 41 heavy (non-hydrogen) atoms. The van der Waals surface area contributed by atoms with Crippen LogP contribution >= 0.6 is 0 Å². The number of amides is 1. The first-order valence-corrected chi connectivity index (χ1v) is 13.6. The number of halogens is 3. The number of aliphatic imine (C=N–C) groups is 1. The summed E-state index contributed by atoms with van der Waals surface area (Å²) in [6.45, 7) is 6.28.